The first-order chi connectivity index (χ1) is 10.8. The van der Waals surface area contributed by atoms with Crippen LogP contribution < -0.4 is 5.32 Å². The van der Waals surface area contributed by atoms with Crippen LogP contribution in [0.2, 0.25) is 5.02 Å². The van der Waals surface area contributed by atoms with Crippen molar-refractivity contribution >= 4 is 23.6 Å². The number of hydrogen-bond acceptors (Lipinski definition) is 4. The second kappa shape index (κ2) is 7.17. The Kier molecular flexibility index (Phi) is 5.46. The number of nitrogens with one attached hydrogen (secondary N) is 1. The molecular formula is C16H22ClN3O3. The van der Waals surface area contributed by atoms with Crippen molar-refractivity contribution in [1.82, 2.24) is 15.2 Å². The summed E-state index contributed by atoms with van der Waals surface area (Å²) < 4.78 is 5.36. The van der Waals surface area contributed by atoms with E-state index in [-0.39, 0.29) is 12.5 Å². The molecule has 0 radical (unpaired) electrons. The fourth-order valence-corrected chi connectivity index (χ4v) is 2.60. The van der Waals surface area contributed by atoms with Gasteiger partial charge in [0.25, 0.3) is 0 Å². The molecule has 1 aliphatic rings. The molecule has 6 nitrogen and oxygen atoms in total. The summed E-state index contributed by atoms with van der Waals surface area (Å²) in [6.45, 7) is 6.23. The third kappa shape index (κ3) is 5.10. The van der Waals surface area contributed by atoms with Crippen LogP contribution in [-0.2, 0) is 16.1 Å². The van der Waals surface area contributed by atoms with Gasteiger partial charge in [-0.1, -0.05) is 11.6 Å². The van der Waals surface area contributed by atoms with Crippen LogP contribution in [0.3, 0.4) is 0 Å². The summed E-state index contributed by atoms with van der Waals surface area (Å²) in [4.78, 5) is 30.2. The lowest BCUT2D eigenvalue weighted by atomic mass is 10.2. The molecule has 1 unspecified atom stereocenters. The Morgan fingerprint density at radius 1 is 1.48 bits per heavy atom. The van der Waals surface area contributed by atoms with Crippen LogP contribution in [0, 0.1) is 0 Å². The molecule has 1 aromatic heterocycles. The molecular weight excluding hydrogens is 318 g/mol. The molecule has 1 saturated heterocycles. The van der Waals surface area contributed by atoms with Crippen LogP contribution >= 0.6 is 11.6 Å². The SMILES string of the molecule is CC(C)(C)OC(=O)N1CCCC1C(=O)NCc1cc(Cl)ccn1. The minimum atomic E-state index is -0.578. The van der Waals surface area contributed by atoms with E-state index < -0.39 is 17.7 Å². The molecule has 2 rings (SSSR count). The molecule has 23 heavy (non-hydrogen) atoms. The van der Waals surface area contributed by atoms with Gasteiger partial charge in [0, 0.05) is 17.8 Å². The summed E-state index contributed by atoms with van der Waals surface area (Å²) in [6.07, 6.45) is 2.56. The topological polar surface area (TPSA) is 71.5 Å². The van der Waals surface area contributed by atoms with E-state index in [0.717, 1.165) is 6.42 Å². The van der Waals surface area contributed by atoms with E-state index in [2.05, 4.69) is 10.3 Å². The maximum absolute atomic E-state index is 12.4. The smallest absolute Gasteiger partial charge is 0.410 e. The molecule has 2 amide bonds. The fraction of sp³-hybridized carbons (Fsp3) is 0.562. The average molecular weight is 340 g/mol. The van der Waals surface area contributed by atoms with Crippen molar-refractivity contribution in [2.45, 2.75) is 51.8 Å². The zero-order valence-electron chi connectivity index (χ0n) is 13.6. The highest BCUT2D eigenvalue weighted by Gasteiger charge is 2.36. The van der Waals surface area contributed by atoms with Crippen molar-refractivity contribution in [3.63, 3.8) is 0 Å². The number of rotatable bonds is 3. The molecule has 7 heteroatoms. The first-order valence-electron chi connectivity index (χ1n) is 7.64. The number of carbonyl (C=O) groups excluding carboxylic acids is 2. The number of likely N-dealkylation sites (tertiary alicyclic amines) is 1. The first-order valence-corrected chi connectivity index (χ1v) is 8.02. The highest BCUT2D eigenvalue weighted by Crippen LogP contribution is 2.21. The summed E-state index contributed by atoms with van der Waals surface area (Å²) in [5, 5.41) is 3.38. The van der Waals surface area contributed by atoms with E-state index in [1.807, 2.05) is 0 Å². The standard InChI is InChI=1S/C16H22ClN3O3/c1-16(2,3)23-15(22)20-8-4-5-13(20)14(21)19-10-12-9-11(17)6-7-18-12/h6-7,9,13H,4-5,8,10H2,1-3H3,(H,19,21). The maximum Gasteiger partial charge on any atom is 0.410 e. The number of halogens is 1. The van der Waals surface area contributed by atoms with Gasteiger partial charge in [-0.2, -0.15) is 0 Å². The van der Waals surface area contributed by atoms with Gasteiger partial charge in [-0.3, -0.25) is 14.7 Å². The monoisotopic (exact) mass is 339 g/mol. The third-order valence-electron chi connectivity index (χ3n) is 3.41. The maximum atomic E-state index is 12.4. The van der Waals surface area contributed by atoms with Gasteiger partial charge in [-0.05, 0) is 45.7 Å². The van der Waals surface area contributed by atoms with Gasteiger partial charge >= 0.3 is 6.09 Å². The predicted molar refractivity (Wildman–Crippen MR) is 87.1 cm³/mol. The van der Waals surface area contributed by atoms with Gasteiger partial charge in [0.15, 0.2) is 0 Å². The molecule has 126 valence electrons. The number of ether oxygens (including phenoxy) is 1. The summed E-state index contributed by atoms with van der Waals surface area (Å²) in [6, 6.07) is 2.87. The lowest BCUT2D eigenvalue weighted by Crippen LogP contribution is -2.47. The van der Waals surface area contributed by atoms with E-state index in [4.69, 9.17) is 16.3 Å². The van der Waals surface area contributed by atoms with E-state index >= 15 is 0 Å². The highest BCUT2D eigenvalue weighted by atomic mass is 35.5. The Bertz CT molecular complexity index is 586. The molecule has 1 aliphatic heterocycles. The van der Waals surface area contributed by atoms with Crippen molar-refractivity contribution in [3.8, 4) is 0 Å². The lowest BCUT2D eigenvalue weighted by molar-refractivity contribution is -0.125. The molecule has 0 aromatic carbocycles. The number of hydrogen-bond donors (Lipinski definition) is 1. The zero-order chi connectivity index (χ0) is 17.0. The molecule has 1 fully saturated rings. The van der Waals surface area contributed by atoms with E-state index in [0.29, 0.717) is 23.7 Å². The van der Waals surface area contributed by atoms with Crippen molar-refractivity contribution in [1.29, 1.82) is 0 Å². The molecule has 0 saturated carbocycles. The van der Waals surface area contributed by atoms with Crippen LogP contribution in [0.5, 0.6) is 0 Å². The quantitative estimate of drug-likeness (QED) is 0.919. The molecule has 1 N–H and O–H groups in total. The number of aromatic nitrogens is 1. The Labute approximate surface area is 141 Å². The predicted octanol–water partition coefficient (Wildman–Crippen LogP) is 2.75. The summed E-state index contributed by atoms with van der Waals surface area (Å²) in [5.74, 6) is -0.199. The van der Waals surface area contributed by atoms with Crippen molar-refractivity contribution in [2.24, 2.45) is 0 Å². The Hall–Kier alpha value is -1.82. The normalized spacial score (nSPS) is 17.9. The number of pyridine rings is 1. The van der Waals surface area contributed by atoms with Crippen LogP contribution in [0.1, 0.15) is 39.3 Å². The summed E-state index contributed by atoms with van der Waals surface area (Å²) in [5.41, 5.74) is 0.0958. The average Bonchev–Trinajstić information content (AvgIpc) is 2.92. The summed E-state index contributed by atoms with van der Waals surface area (Å²) >= 11 is 5.89. The molecule has 2 heterocycles. The summed E-state index contributed by atoms with van der Waals surface area (Å²) in [7, 11) is 0. The van der Waals surface area contributed by atoms with Gasteiger partial charge in [0.1, 0.15) is 11.6 Å². The second-order valence-corrected chi connectivity index (χ2v) is 6.95. The number of carbonyl (C=O) groups is 2. The molecule has 1 atom stereocenters. The molecule has 0 spiro atoms. The Morgan fingerprint density at radius 2 is 2.22 bits per heavy atom. The minimum absolute atomic E-state index is 0.199. The molecule has 0 bridgehead atoms. The van der Waals surface area contributed by atoms with Crippen molar-refractivity contribution < 1.29 is 14.3 Å². The lowest BCUT2D eigenvalue weighted by Gasteiger charge is -2.28. The van der Waals surface area contributed by atoms with Crippen LogP contribution in [0.15, 0.2) is 18.3 Å². The zero-order valence-corrected chi connectivity index (χ0v) is 14.4. The fourth-order valence-electron chi connectivity index (χ4n) is 2.42. The van der Waals surface area contributed by atoms with Crippen molar-refractivity contribution in [3.05, 3.63) is 29.0 Å². The van der Waals surface area contributed by atoms with Gasteiger partial charge in [-0.15, -0.1) is 0 Å². The van der Waals surface area contributed by atoms with Gasteiger partial charge in [0.2, 0.25) is 5.91 Å². The van der Waals surface area contributed by atoms with Crippen LogP contribution in [0.25, 0.3) is 0 Å². The van der Waals surface area contributed by atoms with Crippen LogP contribution in [-0.4, -0.2) is 40.1 Å². The van der Waals surface area contributed by atoms with Gasteiger partial charge < -0.3 is 10.1 Å². The largest absolute Gasteiger partial charge is 0.444 e. The van der Waals surface area contributed by atoms with Gasteiger partial charge in [0.05, 0.1) is 12.2 Å². The van der Waals surface area contributed by atoms with E-state index in [9.17, 15) is 9.59 Å². The number of amides is 2. The first kappa shape index (κ1) is 17.5. The highest BCUT2D eigenvalue weighted by molar-refractivity contribution is 6.30. The van der Waals surface area contributed by atoms with E-state index in [1.54, 1.807) is 39.1 Å². The number of nitrogens with zero attached hydrogens (tertiary/aromatic N) is 2. The van der Waals surface area contributed by atoms with E-state index in [1.165, 1.54) is 4.90 Å². The van der Waals surface area contributed by atoms with Gasteiger partial charge in [-0.25, -0.2) is 4.79 Å². The second-order valence-electron chi connectivity index (χ2n) is 6.51. The Morgan fingerprint density at radius 3 is 2.87 bits per heavy atom. The Balaban J connectivity index is 1.94. The molecule has 0 aliphatic carbocycles. The van der Waals surface area contributed by atoms with Crippen LogP contribution in [0.4, 0.5) is 4.79 Å². The third-order valence-corrected chi connectivity index (χ3v) is 3.64. The minimum Gasteiger partial charge on any atom is -0.444 e. The van der Waals surface area contributed by atoms with Crippen molar-refractivity contribution in [2.75, 3.05) is 6.54 Å². The molecule has 1 aromatic rings.